The minimum Gasteiger partial charge on any atom is -0.480 e. The highest BCUT2D eigenvalue weighted by molar-refractivity contribution is 7.82. The highest BCUT2D eigenvalue weighted by Gasteiger charge is 2.27. The van der Waals surface area contributed by atoms with Crippen LogP contribution in [0.1, 0.15) is 12.8 Å². The molecular weight excluding hydrogens is 316 g/mol. The number of hydrogen-bond acceptors (Lipinski definition) is 10. The molecule has 13 heteroatoms. The third kappa shape index (κ3) is 7.81. The van der Waals surface area contributed by atoms with Gasteiger partial charge in [-0.2, -0.15) is 0 Å². The van der Waals surface area contributed by atoms with Gasteiger partial charge in [0.25, 0.3) is 0 Å². The molecule has 12 nitrogen and oxygen atoms in total. The second-order valence-corrected chi connectivity index (χ2v) is 4.77. The summed E-state index contributed by atoms with van der Waals surface area (Å²) in [5.74, 6) is -6.29. The topological polar surface area (TPSA) is 213 Å². The molecule has 2 atom stereocenters. The van der Waals surface area contributed by atoms with Gasteiger partial charge in [-0.25, -0.2) is 0 Å². The maximum atomic E-state index is 11.1. The van der Waals surface area contributed by atoms with E-state index in [1.807, 2.05) is 0 Å². The van der Waals surface area contributed by atoms with Crippen LogP contribution in [0.5, 0.6) is 0 Å². The van der Waals surface area contributed by atoms with Crippen LogP contribution in [0.4, 0.5) is 0 Å². The third-order valence-electron chi connectivity index (χ3n) is 1.80. The van der Waals surface area contributed by atoms with E-state index in [2.05, 4.69) is 8.37 Å². The van der Waals surface area contributed by atoms with Crippen molar-refractivity contribution in [3.05, 3.63) is 0 Å². The van der Waals surface area contributed by atoms with Crippen LogP contribution < -0.4 is 11.5 Å². The number of rotatable bonds is 8. The van der Waals surface area contributed by atoms with E-state index in [9.17, 15) is 27.6 Å². The zero-order chi connectivity index (χ0) is 16.8. The summed E-state index contributed by atoms with van der Waals surface area (Å²) in [6.07, 6.45) is -1.97. The van der Waals surface area contributed by atoms with Crippen LogP contribution >= 0.6 is 0 Å². The van der Waals surface area contributed by atoms with Gasteiger partial charge in [0.15, 0.2) is 0 Å². The van der Waals surface area contributed by atoms with Crippen LogP contribution in [0.3, 0.4) is 0 Å². The largest absolute Gasteiger partial charge is 0.506 e. The fourth-order valence-corrected chi connectivity index (χ4v) is 1.47. The molecule has 0 aromatic heterocycles. The maximum Gasteiger partial charge on any atom is 0.506 e. The molecular formula is C8H12N2O10S. The zero-order valence-electron chi connectivity index (χ0n) is 10.3. The number of carboxylic acids is 2. The number of aliphatic carboxylic acids is 2. The van der Waals surface area contributed by atoms with Gasteiger partial charge in [-0.15, -0.1) is 8.42 Å². The lowest BCUT2D eigenvalue weighted by molar-refractivity contribution is -0.145. The van der Waals surface area contributed by atoms with Gasteiger partial charge in [0.1, 0.15) is 12.1 Å². The molecule has 0 saturated carbocycles. The minimum absolute atomic E-state index is 0.985. The van der Waals surface area contributed by atoms with Crippen LogP contribution in [0.15, 0.2) is 0 Å². The first-order valence-electron chi connectivity index (χ1n) is 5.11. The van der Waals surface area contributed by atoms with E-state index in [-0.39, 0.29) is 0 Å². The second kappa shape index (κ2) is 7.51. The third-order valence-corrected chi connectivity index (χ3v) is 2.58. The average molecular weight is 328 g/mol. The monoisotopic (exact) mass is 328 g/mol. The first-order valence-corrected chi connectivity index (χ1v) is 6.44. The van der Waals surface area contributed by atoms with Gasteiger partial charge in [0.2, 0.25) is 0 Å². The van der Waals surface area contributed by atoms with E-state index >= 15 is 0 Å². The summed E-state index contributed by atoms with van der Waals surface area (Å²) in [5.41, 5.74) is 9.90. The van der Waals surface area contributed by atoms with E-state index in [0.717, 1.165) is 0 Å². The Hall–Kier alpha value is -2.25. The Morgan fingerprint density at radius 2 is 1.14 bits per heavy atom. The van der Waals surface area contributed by atoms with Crippen molar-refractivity contribution >= 4 is 34.3 Å². The quantitative estimate of drug-likeness (QED) is 0.349. The Morgan fingerprint density at radius 3 is 1.38 bits per heavy atom. The molecule has 0 radical (unpaired) electrons. The second-order valence-electron chi connectivity index (χ2n) is 3.62. The summed E-state index contributed by atoms with van der Waals surface area (Å²) in [5, 5.41) is 16.8. The van der Waals surface area contributed by atoms with E-state index in [1.54, 1.807) is 0 Å². The van der Waals surface area contributed by atoms with Crippen LogP contribution in [0.2, 0.25) is 0 Å². The van der Waals surface area contributed by atoms with Crippen molar-refractivity contribution in [1.29, 1.82) is 0 Å². The van der Waals surface area contributed by atoms with E-state index in [1.165, 1.54) is 0 Å². The van der Waals surface area contributed by atoms with Gasteiger partial charge in [-0.05, 0) is 0 Å². The molecule has 21 heavy (non-hydrogen) atoms. The molecule has 0 bridgehead atoms. The lowest BCUT2D eigenvalue weighted by Crippen LogP contribution is -2.35. The van der Waals surface area contributed by atoms with Gasteiger partial charge < -0.3 is 30.0 Å². The Kier molecular flexibility index (Phi) is 6.71. The van der Waals surface area contributed by atoms with Gasteiger partial charge in [-0.3, -0.25) is 19.2 Å². The highest BCUT2D eigenvalue weighted by atomic mass is 32.3. The highest BCUT2D eigenvalue weighted by Crippen LogP contribution is 2.04. The number of nitrogens with two attached hydrogens (primary N) is 2. The number of carbonyl (C=O) groups excluding carboxylic acids is 2. The Morgan fingerprint density at radius 1 is 0.857 bits per heavy atom. The molecule has 0 spiro atoms. The summed E-state index contributed by atoms with van der Waals surface area (Å²) >= 11 is 0. The molecule has 0 fully saturated rings. The normalized spacial score (nSPS) is 13.8. The van der Waals surface area contributed by atoms with Crippen LogP contribution in [0.25, 0.3) is 0 Å². The van der Waals surface area contributed by atoms with Gasteiger partial charge >= 0.3 is 34.3 Å². The molecule has 0 aliphatic rings. The standard InChI is InChI=1S/C8H12N2O10S/c9-3(7(13)14)1-5(11)19-21(17,18)20-6(12)2-4(10)8(15)16/h3-4H,1-2,9-10H2,(H,13,14)(H,15,16)/t3-,4-/m0/s1. The molecule has 0 heterocycles. The van der Waals surface area contributed by atoms with Crippen LogP contribution in [0, 0.1) is 0 Å². The van der Waals surface area contributed by atoms with Crippen molar-refractivity contribution < 1.29 is 46.2 Å². The first kappa shape index (κ1) is 18.8. The molecule has 0 saturated heterocycles. The van der Waals surface area contributed by atoms with Crippen LogP contribution in [-0.2, 0) is 37.9 Å². The number of carboxylic acid groups (broad SMARTS) is 2. The van der Waals surface area contributed by atoms with Gasteiger partial charge in [0.05, 0.1) is 12.8 Å². The first-order chi connectivity index (χ1) is 9.44. The van der Waals surface area contributed by atoms with Crippen molar-refractivity contribution in [3.8, 4) is 0 Å². The van der Waals surface area contributed by atoms with Crippen molar-refractivity contribution in [2.75, 3.05) is 0 Å². The van der Waals surface area contributed by atoms with Crippen molar-refractivity contribution in [2.24, 2.45) is 11.5 Å². The summed E-state index contributed by atoms with van der Waals surface area (Å²) in [6.45, 7) is 0. The minimum atomic E-state index is -5.12. The van der Waals surface area contributed by atoms with E-state index in [4.69, 9.17) is 21.7 Å². The average Bonchev–Trinajstić information content (AvgIpc) is 2.25. The van der Waals surface area contributed by atoms with Gasteiger partial charge in [0, 0.05) is 0 Å². The lowest BCUT2D eigenvalue weighted by atomic mass is 10.2. The van der Waals surface area contributed by atoms with Crippen molar-refractivity contribution in [2.45, 2.75) is 24.9 Å². The molecule has 0 aliphatic carbocycles. The summed E-state index contributed by atoms with van der Waals surface area (Å²) in [6, 6.07) is -3.41. The fraction of sp³-hybridized carbons (Fsp3) is 0.500. The van der Waals surface area contributed by atoms with Crippen LogP contribution in [-0.4, -0.2) is 54.6 Å². The van der Waals surface area contributed by atoms with E-state index < -0.39 is 59.2 Å². The maximum absolute atomic E-state index is 11.1. The molecule has 0 aliphatic heterocycles. The predicted octanol–water partition coefficient (Wildman–Crippen LogP) is -3.08. The molecule has 0 rings (SSSR count). The Bertz CT molecular complexity index is 499. The molecule has 0 aromatic rings. The molecule has 120 valence electrons. The molecule has 0 aromatic carbocycles. The zero-order valence-corrected chi connectivity index (χ0v) is 11.1. The fourth-order valence-electron chi connectivity index (χ4n) is 0.846. The summed E-state index contributed by atoms with van der Waals surface area (Å²) in [7, 11) is -5.12. The smallest absolute Gasteiger partial charge is 0.480 e. The van der Waals surface area contributed by atoms with Gasteiger partial charge in [-0.1, -0.05) is 0 Å². The van der Waals surface area contributed by atoms with E-state index in [0.29, 0.717) is 0 Å². The summed E-state index contributed by atoms with van der Waals surface area (Å²) < 4.78 is 29.6. The summed E-state index contributed by atoms with van der Waals surface area (Å²) in [4.78, 5) is 42.7. The molecule has 0 amide bonds. The molecule has 6 N–H and O–H groups in total. The van der Waals surface area contributed by atoms with Crippen molar-refractivity contribution in [1.82, 2.24) is 0 Å². The Labute approximate surface area is 117 Å². The Balaban J connectivity index is 4.50. The lowest BCUT2D eigenvalue weighted by Gasteiger charge is -2.08. The van der Waals surface area contributed by atoms with Crippen molar-refractivity contribution in [3.63, 3.8) is 0 Å². The molecule has 0 unspecified atom stereocenters. The predicted molar refractivity (Wildman–Crippen MR) is 61.6 cm³/mol. The number of carbonyl (C=O) groups is 4. The SMILES string of the molecule is N[C@@H](CC(=O)OS(=O)(=O)OC(=O)C[C@H](N)C(=O)O)C(=O)O. The number of hydrogen-bond donors (Lipinski definition) is 4.